The molecule has 0 aliphatic carbocycles. The highest BCUT2D eigenvalue weighted by Crippen LogP contribution is 2.14. The van der Waals surface area contributed by atoms with Crippen molar-refractivity contribution < 1.29 is 28.6 Å². The molecule has 0 heterocycles. The molecule has 0 unspecified atom stereocenters. The molecule has 0 bridgehead atoms. The molecule has 1 atom stereocenters. The summed E-state index contributed by atoms with van der Waals surface area (Å²) in [6.07, 6.45) is 59.1. The second-order valence-electron chi connectivity index (χ2n) is 16.7. The predicted molar refractivity (Wildman–Crippen MR) is 256 cm³/mol. The first-order chi connectivity index (χ1) is 29.5. The smallest absolute Gasteiger partial charge is 0.306 e. The molecule has 0 fully saturated rings. The van der Waals surface area contributed by atoms with Gasteiger partial charge in [-0.25, -0.2) is 0 Å². The molecule has 6 heteroatoms. The van der Waals surface area contributed by atoms with E-state index in [-0.39, 0.29) is 31.1 Å². The minimum absolute atomic E-state index is 0.0874. The van der Waals surface area contributed by atoms with Crippen LogP contribution in [0.15, 0.2) is 60.8 Å². The van der Waals surface area contributed by atoms with Gasteiger partial charge in [0.05, 0.1) is 0 Å². The van der Waals surface area contributed by atoms with Gasteiger partial charge in [-0.3, -0.25) is 14.4 Å². The van der Waals surface area contributed by atoms with Crippen LogP contribution < -0.4 is 0 Å². The largest absolute Gasteiger partial charge is 0.462 e. The number of esters is 3. The monoisotopic (exact) mass is 839 g/mol. The zero-order valence-corrected chi connectivity index (χ0v) is 39.5. The van der Waals surface area contributed by atoms with E-state index < -0.39 is 6.10 Å². The fourth-order valence-electron chi connectivity index (χ4n) is 6.92. The molecule has 346 valence electrons. The van der Waals surface area contributed by atoms with Crippen molar-refractivity contribution in [1.29, 1.82) is 0 Å². The van der Waals surface area contributed by atoms with E-state index in [0.29, 0.717) is 19.3 Å². The van der Waals surface area contributed by atoms with Gasteiger partial charge in [0.1, 0.15) is 13.2 Å². The summed E-state index contributed by atoms with van der Waals surface area (Å²) in [7, 11) is 0. The summed E-state index contributed by atoms with van der Waals surface area (Å²) in [5.74, 6) is -0.920. The lowest BCUT2D eigenvalue weighted by Crippen LogP contribution is -2.30. The molecule has 0 aromatic carbocycles. The van der Waals surface area contributed by atoms with Gasteiger partial charge in [0.2, 0.25) is 0 Å². The van der Waals surface area contributed by atoms with Crippen LogP contribution in [0, 0.1) is 0 Å². The molecule has 0 saturated heterocycles. The lowest BCUT2D eigenvalue weighted by atomic mass is 10.1. The van der Waals surface area contributed by atoms with Crippen molar-refractivity contribution in [2.45, 2.75) is 252 Å². The van der Waals surface area contributed by atoms with E-state index in [9.17, 15) is 14.4 Å². The molecule has 60 heavy (non-hydrogen) atoms. The van der Waals surface area contributed by atoms with Crippen molar-refractivity contribution in [2.75, 3.05) is 13.2 Å². The highest BCUT2D eigenvalue weighted by Gasteiger charge is 2.19. The van der Waals surface area contributed by atoms with Gasteiger partial charge >= 0.3 is 17.9 Å². The number of carbonyl (C=O) groups excluding carboxylic acids is 3. The summed E-state index contributed by atoms with van der Waals surface area (Å²) < 4.78 is 16.8. The summed E-state index contributed by atoms with van der Waals surface area (Å²) in [5, 5.41) is 0. The third-order valence-corrected chi connectivity index (χ3v) is 10.7. The average Bonchev–Trinajstić information content (AvgIpc) is 3.24. The van der Waals surface area contributed by atoms with Crippen molar-refractivity contribution in [3.63, 3.8) is 0 Å². The van der Waals surface area contributed by atoms with E-state index in [1.807, 2.05) is 0 Å². The molecular formula is C54H94O6. The third-order valence-electron chi connectivity index (χ3n) is 10.7. The quantitative estimate of drug-likeness (QED) is 0.0263. The summed E-state index contributed by atoms with van der Waals surface area (Å²) >= 11 is 0. The Balaban J connectivity index is 4.42. The SMILES string of the molecule is CC/C=C\C/C=C\C/C=C\CCCCCCCC(=O)OC[C@@H](COC(=O)CCCCCCC/C=C\CCCCC)OC(=O)CCCCCCC/C=C\CCCCCCCC. The van der Waals surface area contributed by atoms with Gasteiger partial charge in [0.15, 0.2) is 6.10 Å². The summed E-state index contributed by atoms with van der Waals surface area (Å²) in [5.41, 5.74) is 0. The van der Waals surface area contributed by atoms with Crippen molar-refractivity contribution in [3.05, 3.63) is 60.8 Å². The second kappa shape index (κ2) is 48.8. The van der Waals surface area contributed by atoms with Crippen LogP contribution in [-0.2, 0) is 28.6 Å². The summed E-state index contributed by atoms with van der Waals surface area (Å²) in [6, 6.07) is 0. The van der Waals surface area contributed by atoms with Crippen molar-refractivity contribution in [1.82, 2.24) is 0 Å². The van der Waals surface area contributed by atoms with E-state index in [2.05, 4.69) is 81.5 Å². The maximum absolute atomic E-state index is 12.8. The van der Waals surface area contributed by atoms with Gasteiger partial charge in [0, 0.05) is 19.3 Å². The molecule has 0 N–H and O–H groups in total. The molecular weight excluding hydrogens is 745 g/mol. The molecule has 0 aromatic heterocycles. The fraction of sp³-hybridized carbons (Fsp3) is 0.759. The Kier molecular flexibility index (Phi) is 46.4. The second-order valence-corrected chi connectivity index (χ2v) is 16.7. The van der Waals surface area contributed by atoms with Gasteiger partial charge < -0.3 is 14.2 Å². The first kappa shape index (κ1) is 57.1. The summed E-state index contributed by atoms with van der Waals surface area (Å²) in [6.45, 7) is 6.47. The van der Waals surface area contributed by atoms with Crippen molar-refractivity contribution in [2.24, 2.45) is 0 Å². The van der Waals surface area contributed by atoms with E-state index in [1.54, 1.807) is 0 Å². The first-order valence-electron chi connectivity index (χ1n) is 25.3. The molecule has 0 rings (SSSR count). The summed E-state index contributed by atoms with van der Waals surface area (Å²) in [4.78, 5) is 37.9. The van der Waals surface area contributed by atoms with Crippen LogP contribution in [0.1, 0.15) is 245 Å². The zero-order valence-electron chi connectivity index (χ0n) is 39.5. The molecule has 0 aliphatic rings. The third kappa shape index (κ3) is 46.2. The number of ether oxygens (including phenoxy) is 3. The van der Waals surface area contributed by atoms with Crippen LogP contribution in [0.5, 0.6) is 0 Å². The van der Waals surface area contributed by atoms with Crippen LogP contribution in [0.3, 0.4) is 0 Å². The van der Waals surface area contributed by atoms with Crippen LogP contribution in [0.2, 0.25) is 0 Å². The van der Waals surface area contributed by atoms with Gasteiger partial charge in [-0.05, 0) is 103 Å². The van der Waals surface area contributed by atoms with Gasteiger partial charge in [-0.1, -0.05) is 184 Å². The zero-order chi connectivity index (χ0) is 43.7. The Morgan fingerprint density at radius 3 is 1.07 bits per heavy atom. The first-order valence-corrected chi connectivity index (χ1v) is 25.3. The molecule has 0 radical (unpaired) electrons. The van der Waals surface area contributed by atoms with E-state index in [0.717, 1.165) is 116 Å². The number of rotatable bonds is 45. The molecule has 0 amide bonds. The average molecular weight is 839 g/mol. The number of hydrogen-bond acceptors (Lipinski definition) is 6. The van der Waals surface area contributed by atoms with Gasteiger partial charge in [0.25, 0.3) is 0 Å². The Labute approximate surface area is 370 Å². The molecule has 0 aliphatic heterocycles. The van der Waals surface area contributed by atoms with Crippen LogP contribution in [0.25, 0.3) is 0 Å². The number of allylic oxidation sites excluding steroid dienone is 10. The molecule has 0 aromatic rings. The maximum Gasteiger partial charge on any atom is 0.306 e. The maximum atomic E-state index is 12.8. The van der Waals surface area contributed by atoms with Crippen molar-refractivity contribution in [3.8, 4) is 0 Å². The number of carbonyl (C=O) groups is 3. The standard InChI is InChI=1S/C54H94O6/c1-4-7-10-13-16-19-22-25-27-29-32-35-38-41-44-47-53(56)59-50-51(49-58-52(55)46-43-40-37-34-31-24-21-18-15-12-9-6-3)60-54(57)48-45-42-39-36-33-30-28-26-23-20-17-14-11-8-5-2/h7,10,16,18-19,21,25-28,51H,4-6,8-9,11-15,17,20,22-24,29-50H2,1-3H3/b10-7-,19-16-,21-18-,27-25-,28-26-/t51-/m1/s1. The number of unbranched alkanes of at least 4 members (excludes halogenated alkanes) is 24. The highest BCUT2D eigenvalue weighted by atomic mass is 16.6. The Hall–Kier alpha value is -2.89. The van der Waals surface area contributed by atoms with Crippen molar-refractivity contribution >= 4 is 17.9 Å². The van der Waals surface area contributed by atoms with Gasteiger partial charge in [-0.15, -0.1) is 0 Å². The minimum atomic E-state index is -0.787. The lowest BCUT2D eigenvalue weighted by Gasteiger charge is -2.18. The van der Waals surface area contributed by atoms with E-state index >= 15 is 0 Å². The normalized spacial score (nSPS) is 12.5. The van der Waals surface area contributed by atoms with Crippen LogP contribution in [-0.4, -0.2) is 37.2 Å². The number of hydrogen-bond donors (Lipinski definition) is 0. The Morgan fingerprint density at radius 2 is 0.650 bits per heavy atom. The van der Waals surface area contributed by atoms with Crippen LogP contribution >= 0.6 is 0 Å². The highest BCUT2D eigenvalue weighted by molar-refractivity contribution is 5.71. The fourth-order valence-corrected chi connectivity index (χ4v) is 6.92. The molecule has 6 nitrogen and oxygen atoms in total. The molecule has 0 saturated carbocycles. The predicted octanol–water partition coefficient (Wildman–Crippen LogP) is 16.5. The minimum Gasteiger partial charge on any atom is -0.462 e. The van der Waals surface area contributed by atoms with E-state index in [4.69, 9.17) is 14.2 Å². The van der Waals surface area contributed by atoms with Crippen LogP contribution in [0.4, 0.5) is 0 Å². The van der Waals surface area contributed by atoms with E-state index in [1.165, 1.54) is 89.9 Å². The Bertz CT molecular complexity index is 1100. The lowest BCUT2D eigenvalue weighted by molar-refractivity contribution is -0.167. The topological polar surface area (TPSA) is 78.9 Å². The Morgan fingerprint density at radius 1 is 0.350 bits per heavy atom. The van der Waals surface area contributed by atoms with Gasteiger partial charge in [-0.2, -0.15) is 0 Å². The molecule has 0 spiro atoms.